The molecular weight excluding hydrogens is 331 g/mol. The van der Waals surface area contributed by atoms with Crippen molar-refractivity contribution in [1.82, 2.24) is 9.55 Å². The molecular formula is C14H14Cl2N2O4. The number of rotatable bonds is 6. The maximum atomic E-state index is 11.5. The number of aliphatic hydroxyl groups is 1. The second kappa shape index (κ2) is 7.60. The summed E-state index contributed by atoms with van der Waals surface area (Å²) in [4.78, 5) is 24.7. The lowest BCUT2D eigenvalue weighted by Gasteiger charge is -2.13. The van der Waals surface area contributed by atoms with Crippen LogP contribution in [0.15, 0.2) is 40.1 Å². The first kappa shape index (κ1) is 16.8. The molecule has 0 unspecified atom stereocenters. The van der Waals surface area contributed by atoms with E-state index in [9.17, 15) is 14.7 Å². The summed E-state index contributed by atoms with van der Waals surface area (Å²) in [5, 5.41) is 10.4. The highest BCUT2D eigenvalue weighted by atomic mass is 35.5. The first-order valence-corrected chi connectivity index (χ1v) is 7.21. The van der Waals surface area contributed by atoms with Gasteiger partial charge in [0, 0.05) is 11.2 Å². The zero-order valence-electron chi connectivity index (χ0n) is 11.5. The highest BCUT2D eigenvalue weighted by Crippen LogP contribution is 2.10. The lowest BCUT2D eigenvalue weighted by Crippen LogP contribution is -2.34. The van der Waals surface area contributed by atoms with Gasteiger partial charge in [0.25, 0.3) is 5.56 Å². The number of halogens is 2. The lowest BCUT2D eigenvalue weighted by atomic mass is 10.2. The zero-order valence-corrected chi connectivity index (χ0v) is 13.0. The van der Waals surface area contributed by atoms with Crippen molar-refractivity contribution in [2.24, 2.45) is 0 Å². The second-order valence-electron chi connectivity index (χ2n) is 4.68. The summed E-state index contributed by atoms with van der Waals surface area (Å²) in [6.07, 6.45) is 0.275. The number of H-pyrrole nitrogens is 1. The molecule has 118 valence electrons. The van der Waals surface area contributed by atoms with E-state index in [0.29, 0.717) is 11.6 Å². The predicted octanol–water partition coefficient (Wildman–Crippen LogP) is 1.42. The molecule has 1 aromatic heterocycles. The van der Waals surface area contributed by atoms with E-state index in [-0.39, 0.29) is 18.2 Å². The van der Waals surface area contributed by atoms with Gasteiger partial charge in [0.15, 0.2) is 0 Å². The first-order valence-electron chi connectivity index (χ1n) is 6.45. The van der Waals surface area contributed by atoms with Crippen molar-refractivity contribution < 1.29 is 9.84 Å². The maximum absolute atomic E-state index is 11.5. The molecule has 1 atom stereocenters. The minimum atomic E-state index is -0.910. The molecule has 0 saturated heterocycles. The molecule has 0 spiro atoms. The number of nitrogens with one attached hydrogen (secondary N) is 1. The molecule has 0 aliphatic carbocycles. The smallest absolute Gasteiger partial charge is 0.328 e. The number of aliphatic hydroxyl groups excluding tert-OH is 1. The van der Waals surface area contributed by atoms with Crippen LogP contribution in [0.2, 0.25) is 10.0 Å². The highest BCUT2D eigenvalue weighted by molar-refractivity contribution is 6.30. The average molecular weight is 345 g/mol. The van der Waals surface area contributed by atoms with Gasteiger partial charge in [-0.1, -0.05) is 35.3 Å². The molecule has 2 rings (SSSR count). The second-order valence-corrected chi connectivity index (χ2v) is 5.53. The van der Waals surface area contributed by atoms with Crippen LogP contribution in [0.4, 0.5) is 0 Å². The number of aromatic amines is 1. The Kier molecular flexibility index (Phi) is 5.79. The zero-order chi connectivity index (χ0) is 16.1. The molecule has 8 heteroatoms. The Morgan fingerprint density at radius 1 is 1.23 bits per heavy atom. The summed E-state index contributed by atoms with van der Waals surface area (Å²) >= 11 is 11.4. The third-order valence-electron chi connectivity index (χ3n) is 2.87. The van der Waals surface area contributed by atoms with Crippen LogP contribution in [0.5, 0.6) is 0 Å². The van der Waals surface area contributed by atoms with Crippen LogP contribution < -0.4 is 11.2 Å². The fraction of sp³-hybridized carbons (Fsp3) is 0.286. The summed E-state index contributed by atoms with van der Waals surface area (Å²) < 4.78 is 6.50. The highest BCUT2D eigenvalue weighted by Gasteiger charge is 2.09. The lowest BCUT2D eigenvalue weighted by molar-refractivity contribution is 0.0197. The Balaban J connectivity index is 1.87. The Hall–Kier alpha value is -1.60. The Bertz CT molecular complexity index is 740. The van der Waals surface area contributed by atoms with Crippen molar-refractivity contribution in [1.29, 1.82) is 0 Å². The number of benzene rings is 1. The number of ether oxygens (including phenoxy) is 1. The van der Waals surface area contributed by atoms with Crippen LogP contribution in [0.25, 0.3) is 0 Å². The van der Waals surface area contributed by atoms with Crippen LogP contribution in [-0.4, -0.2) is 27.4 Å². The van der Waals surface area contributed by atoms with E-state index in [1.54, 1.807) is 12.1 Å². The minimum absolute atomic E-state index is 0.0318. The molecule has 0 radical (unpaired) electrons. The van der Waals surface area contributed by atoms with Gasteiger partial charge in [0.2, 0.25) is 0 Å². The molecule has 1 aromatic carbocycles. The molecule has 2 N–H and O–H groups in total. The van der Waals surface area contributed by atoms with Crippen molar-refractivity contribution in [3.63, 3.8) is 0 Å². The van der Waals surface area contributed by atoms with Crippen molar-refractivity contribution in [3.8, 4) is 0 Å². The Morgan fingerprint density at radius 2 is 1.91 bits per heavy atom. The third-order valence-corrected chi connectivity index (χ3v) is 3.39. The number of hydrogen-bond donors (Lipinski definition) is 2. The largest absolute Gasteiger partial charge is 0.389 e. The SMILES string of the molecule is O=c1[nH]c(=O)n(C[C@@H](O)COCc2ccc(Cl)cc2)cc1Cl. The quantitative estimate of drug-likeness (QED) is 0.829. The van der Waals surface area contributed by atoms with Crippen molar-refractivity contribution in [3.05, 3.63) is 66.9 Å². The summed E-state index contributed by atoms with van der Waals surface area (Å²) in [5.74, 6) is 0. The van der Waals surface area contributed by atoms with Gasteiger partial charge in [-0.15, -0.1) is 0 Å². The fourth-order valence-corrected chi connectivity index (χ4v) is 2.08. The van der Waals surface area contributed by atoms with Crippen LogP contribution >= 0.6 is 23.2 Å². The maximum Gasteiger partial charge on any atom is 0.328 e. The van der Waals surface area contributed by atoms with Gasteiger partial charge in [-0.3, -0.25) is 14.3 Å². The number of hydrogen-bond acceptors (Lipinski definition) is 4. The molecule has 2 aromatic rings. The van der Waals surface area contributed by atoms with Crippen molar-refractivity contribution >= 4 is 23.2 Å². The van der Waals surface area contributed by atoms with E-state index in [4.69, 9.17) is 27.9 Å². The standard InChI is InChI=1S/C14H14Cl2N2O4/c15-10-3-1-9(2-4-10)7-22-8-11(19)5-18-6-12(16)13(20)17-14(18)21/h1-4,6,11,19H,5,7-8H2,(H,17,20,21)/t11-/m1/s1. The normalized spacial score (nSPS) is 12.3. The van der Waals surface area contributed by atoms with Gasteiger partial charge in [-0.2, -0.15) is 0 Å². The molecule has 0 amide bonds. The third kappa shape index (κ3) is 4.71. The Labute approximate surface area is 135 Å². The van der Waals surface area contributed by atoms with Crippen LogP contribution in [0.3, 0.4) is 0 Å². The van der Waals surface area contributed by atoms with Crippen molar-refractivity contribution in [2.75, 3.05) is 6.61 Å². The van der Waals surface area contributed by atoms with E-state index in [0.717, 1.165) is 10.1 Å². The predicted molar refractivity (Wildman–Crippen MR) is 83.4 cm³/mol. The molecule has 0 aliphatic heterocycles. The summed E-state index contributed by atoms with van der Waals surface area (Å²) in [6, 6.07) is 7.14. The molecule has 0 aliphatic rings. The molecule has 22 heavy (non-hydrogen) atoms. The van der Waals surface area contributed by atoms with Gasteiger partial charge in [0.1, 0.15) is 5.02 Å². The first-order chi connectivity index (χ1) is 10.5. The van der Waals surface area contributed by atoms with Gasteiger partial charge < -0.3 is 9.84 Å². The minimum Gasteiger partial charge on any atom is -0.389 e. The summed E-state index contributed by atoms with van der Waals surface area (Å²) in [7, 11) is 0. The van der Waals surface area contributed by atoms with Crippen LogP contribution in [0, 0.1) is 0 Å². The summed E-state index contributed by atoms with van der Waals surface area (Å²) in [5.41, 5.74) is -0.372. The van der Waals surface area contributed by atoms with Gasteiger partial charge in [0.05, 0.1) is 25.9 Å². The van der Waals surface area contributed by atoms with E-state index in [2.05, 4.69) is 4.98 Å². The topological polar surface area (TPSA) is 84.3 Å². The van der Waals surface area contributed by atoms with Gasteiger partial charge in [-0.25, -0.2) is 4.79 Å². The van der Waals surface area contributed by atoms with E-state index in [1.807, 2.05) is 12.1 Å². The molecule has 1 heterocycles. The number of nitrogens with zero attached hydrogens (tertiary/aromatic N) is 1. The van der Waals surface area contributed by atoms with Gasteiger partial charge in [-0.05, 0) is 17.7 Å². The Morgan fingerprint density at radius 3 is 2.59 bits per heavy atom. The van der Waals surface area contributed by atoms with Crippen LogP contribution in [0.1, 0.15) is 5.56 Å². The van der Waals surface area contributed by atoms with E-state index < -0.39 is 17.4 Å². The summed E-state index contributed by atoms with van der Waals surface area (Å²) in [6.45, 7) is 0.317. The van der Waals surface area contributed by atoms with E-state index in [1.165, 1.54) is 6.20 Å². The van der Waals surface area contributed by atoms with E-state index >= 15 is 0 Å². The van der Waals surface area contributed by atoms with Gasteiger partial charge >= 0.3 is 5.69 Å². The fourth-order valence-electron chi connectivity index (χ4n) is 1.79. The van der Waals surface area contributed by atoms with Crippen LogP contribution in [-0.2, 0) is 17.9 Å². The number of aromatic nitrogens is 2. The average Bonchev–Trinajstić information content (AvgIpc) is 2.47. The molecule has 0 bridgehead atoms. The molecule has 0 saturated carbocycles. The van der Waals surface area contributed by atoms with Crippen molar-refractivity contribution in [2.45, 2.75) is 19.3 Å². The monoisotopic (exact) mass is 344 g/mol. The molecule has 0 fully saturated rings. The molecule has 6 nitrogen and oxygen atoms in total.